The molecule has 0 bridgehead atoms. The molecule has 5 heteroatoms. The van der Waals surface area contributed by atoms with E-state index in [4.69, 9.17) is 0 Å². The van der Waals surface area contributed by atoms with Crippen LogP contribution in [0.25, 0.3) is 0 Å². The van der Waals surface area contributed by atoms with Crippen LogP contribution in [0.1, 0.15) is 24.1 Å². The zero-order valence-electron chi connectivity index (χ0n) is 10.3. The predicted molar refractivity (Wildman–Crippen MR) is 69.4 cm³/mol. The second-order valence-electron chi connectivity index (χ2n) is 4.60. The van der Waals surface area contributed by atoms with Gasteiger partial charge in [-0.05, 0) is 37.3 Å². The molecule has 0 saturated carbocycles. The minimum absolute atomic E-state index is 0.887. The van der Waals surface area contributed by atoms with Gasteiger partial charge in [-0.1, -0.05) is 11.3 Å². The molecule has 94 valence electrons. The fourth-order valence-corrected chi connectivity index (χ4v) is 2.33. The van der Waals surface area contributed by atoms with E-state index in [1.807, 2.05) is 10.9 Å². The summed E-state index contributed by atoms with van der Waals surface area (Å²) in [4.78, 5) is 4.64. The number of pyridine rings is 1. The molecule has 0 atom stereocenters. The van der Waals surface area contributed by atoms with Gasteiger partial charge < -0.3 is 5.32 Å². The van der Waals surface area contributed by atoms with E-state index in [1.165, 1.54) is 24.1 Å². The topological polar surface area (TPSA) is 55.6 Å². The number of rotatable bonds is 5. The predicted octanol–water partition coefficient (Wildman–Crippen LogP) is 1.66. The Morgan fingerprint density at radius 2 is 2.28 bits per heavy atom. The second-order valence-corrected chi connectivity index (χ2v) is 4.60. The van der Waals surface area contributed by atoms with E-state index in [9.17, 15) is 0 Å². The lowest BCUT2D eigenvalue weighted by Gasteiger charge is -2.07. The number of aryl methyl sites for hydroxylation is 3. The first-order chi connectivity index (χ1) is 8.92. The largest absolute Gasteiger partial charge is 0.370 e. The van der Waals surface area contributed by atoms with Crippen molar-refractivity contribution in [2.75, 3.05) is 11.9 Å². The molecule has 0 amide bonds. The summed E-state index contributed by atoms with van der Waals surface area (Å²) in [7, 11) is 0. The molecule has 2 heterocycles. The molecule has 1 aliphatic rings. The van der Waals surface area contributed by atoms with Crippen molar-refractivity contribution >= 4 is 5.82 Å². The third-order valence-corrected chi connectivity index (χ3v) is 3.27. The van der Waals surface area contributed by atoms with E-state index in [0.29, 0.717) is 0 Å². The molecule has 2 aromatic rings. The van der Waals surface area contributed by atoms with Gasteiger partial charge in [0.2, 0.25) is 0 Å². The third-order valence-electron chi connectivity index (χ3n) is 3.27. The standard InChI is InChI=1S/C13H17N5/c1-3-11-5-6-13(16-12(11)4-1)14-7-2-9-18-10-8-15-17-18/h5-6,8,10H,1-4,7,9H2,(H,14,16). The molecule has 5 nitrogen and oxygen atoms in total. The van der Waals surface area contributed by atoms with Crippen molar-refractivity contribution in [3.05, 3.63) is 35.8 Å². The Morgan fingerprint density at radius 1 is 1.28 bits per heavy atom. The minimum atomic E-state index is 0.887. The Kier molecular flexibility index (Phi) is 3.21. The number of nitrogens with one attached hydrogen (secondary N) is 1. The molecule has 0 unspecified atom stereocenters. The summed E-state index contributed by atoms with van der Waals surface area (Å²) in [5.74, 6) is 0.995. The summed E-state index contributed by atoms with van der Waals surface area (Å²) in [6, 6.07) is 4.29. The van der Waals surface area contributed by atoms with Crippen LogP contribution in [0, 0.1) is 0 Å². The van der Waals surface area contributed by atoms with Crippen molar-refractivity contribution in [1.29, 1.82) is 0 Å². The monoisotopic (exact) mass is 243 g/mol. The van der Waals surface area contributed by atoms with Gasteiger partial charge in [0.15, 0.2) is 0 Å². The average Bonchev–Trinajstić information content (AvgIpc) is 3.05. The Morgan fingerprint density at radius 3 is 3.17 bits per heavy atom. The van der Waals surface area contributed by atoms with Gasteiger partial charge in [-0.15, -0.1) is 5.10 Å². The molecular formula is C13H17N5. The summed E-state index contributed by atoms with van der Waals surface area (Å²) in [5, 5.41) is 11.1. The van der Waals surface area contributed by atoms with Crippen molar-refractivity contribution in [2.24, 2.45) is 0 Å². The van der Waals surface area contributed by atoms with Crippen LogP contribution in [0.4, 0.5) is 5.82 Å². The van der Waals surface area contributed by atoms with Crippen LogP contribution >= 0.6 is 0 Å². The molecule has 0 fully saturated rings. The maximum absolute atomic E-state index is 4.64. The SMILES string of the molecule is c1cn(CCCNc2ccc3c(n2)CCC3)nn1. The number of hydrogen-bond acceptors (Lipinski definition) is 4. The van der Waals surface area contributed by atoms with Crippen LogP contribution in [0.2, 0.25) is 0 Å². The van der Waals surface area contributed by atoms with Crippen LogP contribution in [0.15, 0.2) is 24.5 Å². The first-order valence-electron chi connectivity index (χ1n) is 6.48. The quantitative estimate of drug-likeness (QED) is 0.811. The third kappa shape index (κ3) is 2.50. The fraction of sp³-hybridized carbons (Fsp3) is 0.462. The van der Waals surface area contributed by atoms with Gasteiger partial charge in [0, 0.05) is 25.0 Å². The second kappa shape index (κ2) is 5.16. The fourth-order valence-electron chi connectivity index (χ4n) is 2.33. The Bertz CT molecular complexity index is 506. The summed E-state index contributed by atoms with van der Waals surface area (Å²) in [5.41, 5.74) is 2.69. The Balaban J connectivity index is 1.48. The molecule has 0 spiro atoms. The minimum Gasteiger partial charge on any atom is -0.370 e. The summed E-state index contributed by atoms with van der Waals surface area (Å²) >= 11 is 0. The van der Waals surface area contributed by atoms with Crippen LogP contribution in [0.5, 0.6) is 0 Å². The number of nitrogens with zero attached hydrogens (tertiary/aromatic N) is 4. The van der Waals surface area contributed by atoms with Crippen molar-refractivity contribution in [3.63, 3.8) is 0 Å². The highest BCUT2D eigenvalue weighted by Gasteiger charge is 2.11. The van der Waals surface area contributed by atoms with Gasteiger partial charge in [-0.2, -0.15) is 0 Å². The van der Waals surface area contributed by atoms with Crippen molar-refractivity contribution in [3.8, 4) is 0 Å². The molecular weight excluding hydrogens is 226 g/mol. The van der Waals surface area contributed by atoms with Crippen LogP contribution in [0.3, 0.4) is 0 Å². The van der Waals surface area contributed by atoms with E-state index < -0.39 is 0 Å². The molecule has 2 aromatic heterocycles. The van der Waals surface area contributed by atoms with Gasteiger partial charge in [0.05, 0.1) is 6.20 Å². The first kappa shape index (κ1) is 11.2. The van der Waals surface area contributed by atoms with Gasteiger partial charge in [-0.25, -0.2) is 4.98 Å². The Hall–Kier alpha value is -1.91. The maximum atomic E-state index is 4.64. The summed E-state index contributed by atoms with van der Waals surface area (Å²) in [6.07, 6.45) is 8.17. The molecule has 0 radical (unpaired) electrons. The maximum Gasteiger partial charge on any atom is 0.126 e. The number of hydrogen-bond donors (Lipinski definition) is 1. The zero-order chi connectivity index (χ0) is 12.2. The summed E-state index contributed by atoms with van der Waals surface area (Å²) < 4.78 is 1.85. The smallest absolute Gasteiger partial charge is 0.126 e. The Labute approximate surface area is 106 Å². The molecule has 0 saturated heterocycles. The van der Waals surface area contributed by atoms with Crippen molar-refractivity contribution in [1.82, 2.24) is 20.0 Å². The normalized spacial score (nSPS) is 13.6. The highest BCUT2D eigenvalue weighted by molar-refractivity contribution is 5.40. The lowest BCUT2D eigenvalue weighted by Crippen LogP contribution is -2.08. The molecule has 1 aliphatic carbocycles. The average molecular weight is 243 g/mol. The molecule has 3 rings (SSSR count). The van der Waals surface area contributed by atoms with Gasteiger partial charge in [0.25, 0.3) is 0 Å². The van der Waals surface area contributed by atoms with Gasteiger partial charge in [0.1, 0.15) is 5.82 Å². The number of fused-ring (bicyclic) bond motifs is 1. The highest BCUT2D eigenvalue weighted by Crippen LogP contribution is 2.21. The van der Waals surface area contributed by atoms with E-state index >= 15 is 0 Å². The highest BCUT2D eigenvalue weighted by atomic mass is 15.4. The lowest BCUT2D eigenvalue weighted by molar-refractivity contribution is 0.569. The summed E-state index contributed by atoms with van der Waals surface area (Å²) in [6.45, 7) is 1.80. The van der Waals surface area contributed by atoms with E-state index in [2.05, 4.69) is 32.7 Å². The molecule has 0 aromatic carbocycles. The van der Waals surface area contributed by atoms with Crippen LogP contribution in [-0.4, -0.2) is 26.5 Å². The van der Waals surface area contributed by atoms with Gasteiger partial charge >= 0.3 is 0 Å². The van der Waals surface area contributed by atoms with E-state index in [1.54, 1.807) is 6.20 Å². The number of anilines is 1. The van der Waals surface area contributed by atoms with Crippen molar-refractivity contribution < 1.29 is 0 Å². The van der Waals surface area contributed by atoms with Crippen LogP contribution < -0.4 is 5.32 Å². The van der Waals surface area contributed by atoms with Gasteiger partial charge in [-0.3, -0.25) is 4.68 Å². The molecule has 1 N–H and O–H groups in total. The first-order valence-corrected chi connectivity index (χ1v) is 6.48. The van der Waals surface area contributed by atoms with Crippen molar-refractivity contribution in [2.45, 2.75) is 32.2 Å². The van der Waals surface area contributed by atoms with E-state index in [0.717, 1.165) is 31.7 Å². The molecule has 0 aliphatic heterocycles. The zero-order valence-corrected chi connectivity index (χ0v) is 10.3. The van der Waals surface area contributed by atoms with Crippen LogP contribution in [-0.2, 0) is 19.4 Å². The molecule has 18 heavy (non-hydrogen) atoms. The van der Waals surface area contributed by atoms with E-state index in [-0.39, 0.29) is 0 Å². The number of aromatic nitrogens is 4. The lowest BCUT2D eigenvalue weighted by atomic mass is 10.2.